The molecule has 2 aromatic rings. The lowest BCUT2D eigenvalue weighted by Crippen LogP contribution is -2.02. The largest absolute Gasteiger partial charge is 0.429 e. The molecule has 0 unspecified atom stereocenters. The Bertz CT molecular complexity index is 490. The molecule has 15 heavy (non-hydrogen) atoms. The molecule has 0 saturated heterocycles. The summed E-state index contributed by atoms with van der Waals surface area (Å²) in [5.74, 6) is 0.480. The zero-order valence-electron chi connectivity index (χ0n) is 8.54. The van der Waals surface area contributed by atoms with Crippen LogP contribution in [0, 0.1) is 0 Å². The van der Waals surface area contributed by atoms with Crippen LogP contribution < -0.4 is 4.74 Å². The highest BCUT2D eigenvalue weighted by Gasteiger charge is 2.07. The number of carbonyl (C=O) groups is 1. The second kappa shape index (κ2) is 3.68. The molecule has 0 N–H and O–H groups in total. The lowest BCUT2D eigenvalue weighted by atomic mass is 10.3. The van der Waals surface area contributed by atoms with Crippen molar-refractivity contribution in [2.75, 3.05) is 0 Å². The van der Waals surface area contributed by atoms with E-state index in [0.717, 1.165) is 11.0 Å². The molecule has 0 fully saturated rings. The maximum absolute atomic E-state index is 10.2. The van der Waals surface area contributed by atoms with E-state index in [-0.39, 0.29) is 6.04 Å². The van der Waals surface area contributed by atoms with E-state index in [1.807, 2.05) is 24.6 Å². The van der Waals surface area contributed by atoms with Crippen LogP contribution in [-0.2, 0) is 4.79 Å². The number of aromatic nitrogens is 3. The van der Waals surface area contributed by atoms with Gasteiger partial charge in [0, 0.05) is 12.1 Å². The summed E-state index contributed by atoms with van der Waals surface area (Å²) in [6.07, 6.45) is 0. The fourth-order valence-corrected chi connectivity index (χ4v) is 1.43. The second-order valence-electron chi connectivity index (χ2n) is 3.49. The van der Waals surface area contributed by atoms with E-state index in [4.69, 9.17) is 4.74 Å². The number of rotatable bonds is 3. The maximum Gasteiger partial charge on any atom is 0.298 e. The number of fused-ring (bicyclic) bond motifs is 1. The van der Waals surface area contributed by atoms with Gasteiger partial charge in [-0.15, -0.1) is 5.10 Å². The summed E-state index contributed by atoms with van der Waals surface area (Å²) >= 11 is 0. The minimum atomic E-state index is 0.257. The Hall–Kier alpha value is -1.91. The molecule has 1 heterocycles. The van der Waals surface area contributed by atoms with Crippen LogP contribution in [0.5, 0.6) is 5.75 Å². The van der Waals surface area contributed by atoms with E-state index in [1.54, 1.807) is 12.1 Å². The Morgan fingerprint density at radius 1 is 1.47 bits per heavy atom. The van der Waals surface area contributed by atoms with Crippen LogP contribution in [-0.4, -0.2) is 21.5 Å². The maximum atomic E-state index is 10.2. The Kier molecular flexibility index (Phi) is 2.37. The monoisotopic (exact) mass is 205 g/mol. The SMILES string of the molecule is CC(C)n1nnc2cc(OC=O)ccc21. The zero-order valence-corrected chi connectivity index (χ0v) is 8.54. The molecule has 0 amide bonds. The van der Waals surface area contributed by atoms with Gasteiger partial charge in [-0.1, -0.05) is 5.21 Å². The van der Waals surface area contributed by atoms with E-state index >= 15 is 0 Å². The lowest BCUT2D eigenvalue weighted by Gasteiger charge is -2.05. The summed E-state index contributed by atoms with van der Waals surface area (Å²) in [7, 11) is 0. The molecule has 78 valence electrons. The van der Waals surface area contributed by atoms with E-state index in [0.29, 0.717) is 12.2 Å². The van der Waals surface area contributed by atoms with Crippen LogP contribution in [0.4, 0.5) is 0 Å². The molecule has 0 aliphatic carbocycles. The van der Waals surface area contributed by atoms with Crippen LogP contribution >= 0.6 is 0 Å². The van der Waals surface area contributed by atoms with Gasteiger partial charge in [0.05, 0.1) is 5.52 Å². The third-order valence-electron chi connectivity index (χ3n) is 2.12. The van der Waals surface area contributed by atoms with Crippen molar-refractivity contribution in [2.45, 2.75) is 19.9 Å². The number of hydrogen-bond acceptors (Lipinski definition) is 4. The van der Waals surface area contributed by atoms with Crippen molar-refractivity contribution in [3.8, 4) is 5.75 Å². The van der Waals surface area contributed by atoms with Gasteiger partial charge in [-0.2, -0.15) is 0 Å². The standard InChI is InChI=1S/C10H11N3O2/c1-7(2)13-10-4-3-8(15-6-14)5-9(10)11-12-13/h3-7H,1-2H3. The van der Waals surface area contributed by atoms with Crippen molar-refractivity contribution in [3.63, 3.8) is 0 Å². The van der Waals surface area contributed by atoms with Crippen LogP contribution in [0.2, 0.25) is 0 Å². The summed E-state index contributed by atoms with van der Waals surface area (Å²) in [5.41, 5.74) is 1.66. The molecular weight excluding hydrogens is 194 g/mol. The van der Waals surface area contributed by atoms with Crippen molar-refractivity contribution in [2.24, 2.45) is 0 Å². The highest BCUT2D eigenvalue weighted by molar-refractivity contribution is 5.76. The lowest BCUT2D eigenvalue weighted by molar-refractivity contribution is -0.120. The van der Waals surface area contributed by atoms with Crippen molar-refractivity contribution < 1.29 is 9.53 Å². The first-order valence-electron chi connectivity index (χ1n) is 4.67. The Labute approximate surface area is 86.6 Å². The van der Waals surface area contributed by atoms with E-state index < -0.39 is 0 Å². The third kappa shape index (κ3) is 1.68. The smallest absolute Gasteiger partial charge is 0.298 e. The van der Waals surface area contributed by atoms with Gasteiger partial charge in [-0.25, -0.2) is 4.68 Å². The van der Waals surface area contributed by atoms with Crippen molar-refractivity contribution in [1.82, 2.24) is 15.0 Å². The Balaban J connectivity index is 2.51. The van der Waals surface area contributed by atoms with Crippen LogP contribution in [0.3, 0.4) is 0 Å². The van der Waals surface area contributed by atoms with Crippen LogP contribution in [0.1, 0.15) is 19.9 Å². The van der Waals surface area contributed by atoms with Gasteiger partial charge >= 0.3 is 0 Å². The molecule has 1 aromatic heterocycles. The number of benzene rings is 1. The molecule has 0 bridgehead atoms. The fourth-order valence-electron chi connectivity index (χ4n) is 1.43. The molecule has 0 aliphatic rings. The van der Waals surface area contributed by atoms with Gasteiger partial charge in [0.2, 0.25) is 0 Å². The minimum absolute atomic E-state index is 0.257. The average molecular weight is 205 g/mol. The Morgan fingerprint density at radius 2 is 2.27 bits per heavy atom. The topological polar surface area (TPSA) is 57.0 Å². The average Bonchev–Trinajstić information content (AvgIpc) is 2.61. The summed E-state index contributed by atoms with van der Waals surface area (Å²) in [6, 6.07) is 5.51. The first-order chi connectivity index (χ1) is 7.22. The Morgan fingerprint density at radius 3 is 2.93 bits per heavy atom. The molecular formula is C10H11N3O2. The van der Waals surface area contributed by atoms with Gasteiger partial charge in [0.25, 0.3) is 6.47 Å². The zero-order chi connectivity index (χ0) is 10.8. The number of ether oxygens (including phenoxy) is 1. The number of hydrogen-bond donors (Lipinski definition) is 0. The van der Waals surface area contributed by atoms with Gasteiger partial charge < -0.3 is 4.74 Å². The molecule has 1 aromatic carbocycles. The van der Waals surface area contributed by atoms with Gasteiger partial charge in [-0.3, -0.25) is 4.79 Å². The van der Waals surface area contributed by atoms with E-state index in [1.165, 1.54) is 0 Å². The normalized spacial score (nSPS) is 10.9. The fraction of sp³-hybridized carbons (Fsp3) is 0.300. The van der Waals surface area contributed by atoms with Crippen molar-refractivity contribution in [1.29, 1.82) is 0 Å². The van der Waals surface area contributed by atoms with Crippen molar-refractivity contribution in [3.05, 3.63) is 18.2 Å². The molecule has 5 nitrogen and oxygen atoms in total. The van der Waals surface area contributed by atoms with Crippen LogP contribution in [0.25, 0.3) is 11.0 Å². The quantitative estimate of drug-likeness (QED) is 0.713. The van der Waals surface area contributed by atoms with Crippen LogP contribution in [0.15, 0.2) is 18.2 Å². The molecule has 2 rings (SSSR count). The first kappa shape index (κ1) is 9.64. The molecule has 0 saturated carbocycles. The molecule has 0 spiro atoms. The highest BCUT2D eigenvalue weighted by Crippen LogP contribution is 2.20. The van der Waals surface area contributed by atoms with E-state index in [9.17, 15) is 4.79 Å². The van der Waals surface area contributed by atoms with Crippen molar-refractivity contribution >= 4 is 17.5 Å². The number of nitrogens with zero attached hydrogens (tertiary/aromatic N) is 3. The molecule has 5 heteroatoms. The van der Waals surface area contributed by atoms with E-state index in [2.05, 4.69) is 10.3 Å². The van der Waals surface area contributed by atoms with Gasteiger partial charge in [0.1, 0.15) is 11.3 Å². The third-order valence-corrected chi connectivity index (χ3v) is 2.12. The summed E-state index contributed by atoms with van der Waals surface area (Å²) in [5, 5.41) is 8.02. The second-order valence-corrected chi connectivity index (χ2v) is 3.49. The molecule has 0 atom stereocenters. The summed E-state index contributed by atoms with van der Waals surface area (Å²) < 4.78 is 6.55. The summed E-state index contributed by atoms with van der Waals surface area (Å²) in [6.45, 7) is 4.46. The van der Waals surface area contributed by atoms with Gasteiger partial charge in [-0.05, 0) is 26.0 Å². The minimum Gasteiger partial charge on any atom is -0.429 e. The first-order valence-corrected chi connectivity index (χ1v) is 4.67. The summed E-state index contributed by atoms with van der Waals surface area (Å²) in [4.78, 5) is 10.2. The van der Waals surface area contributed by atoms with Gasteiger partial charge in [0.15, 0.2) is 0 Å². The molecule has 0 aliphatic heterocycles. The highest BCUT2D eigenvalue weighted by atomic mass is 16.5. The predicted octanol–water partition coefficient (Wildman–Crippen LogP) is 1.55. The molecule has 0 radical (unpaired) electrons. The number of carbonyl (C=O) groups excluding carboxylic acids is 1. The predicted molar refractivity (Wildman–Crippen MR) is 54.6 cm³/mol.